The van der Waals surface area contributed by atoms with E-state index in [4.69, 9.17) is 18.6 Å². The molecule has 0 fully saturated rings. The van der Waals surface area contributed by atoms with Crippen molar-refractivity contribution in [2.75, 3.05) is 20.3 Å². The van der Waals surface area contributed by atoms with Gasteiger partial charge in [-0.05, 0) is 61.0 Å². The molecule has 0 radical (unpaired) electrons. The van der Waals surface area contributed by atoms with Gasteiger partial charge in [-0.3, -0.25) is 9.59 Å². The lowest BCUT2D eigenvalue weighted by Crippen LogP contribution is -2.15. The minimum atomic E-state index is -0.745. The molecule has 8 heteroatoms. The summed E-state index contributed by atoms with van der Waals surface area (Å²) in [5.74, 6) is -0.212. The summed E-state index contributed by atoms with van der Waals surface area (Å²) in [6, 6.07) is 18.3. The summed E-state index contributed by atoms with van der Waals surface area (Å²) in [6.07, 6.45) is 0. The Kier molecular flexibility index (Phi) is 7.31. The number of ketones is 1. The van der Waals surface area contributed by atoms with Crippen molar-refractivity contribution >= 4 is 38.7 Å². The average molecular weight is 537 g/mol. The van der Waals surface area contributed by atoms with Crippen molar-refractivity contribution < 1.29 is 28.2 Å². The normalized spacial score (nSPS) is 10.7. The van der Waals surface area contributed by atoms with Gasteiger partial charge in [-0.25, -0.2) is 4.79 Å². The van der Waals surface area contributed by atoms with Gasteiger partial charge in [-0.2, -0.15) is 0 Å². The van der Waals surface area contributed by atoms with E-state index in [1.807, 2.05) is 0 Å². The highest BCUT2D eigenvalue weighted by Gasteiger charge is 2.23. The molecule has 0 saturated heterocycles. The summed E-state index contributed by atoms with van der Waals surface area (Å²) in [6.45, 7) is 1.57. The Labute approximate surface area is 209 Å². The minimum absolute atomic E-state index is 0.117. The van der Waals surface area contributed by atoms with Crippen molar-refractivity contribution in [1.82, 2.24) is 0 Å². The lowest BCUT2D eigenvalue weighted by Gasteiger charge is -2.11. The van der Waals surface area contributed by atoms with E-state index in [0.717, 1.165) is 4.47 Å². The molecule has 0 N–H and O–H groups in total. The summed E-state index contributed by atoms with van der Waals surface area (Å²) < 4.78 is 22.6. The van der Waals surface area contributed by atoms with Crippen LogP contribution in [0.25, 0.3) is 22.1 Å². The number of Topliss-reactive ketones (excluding diaryl/α,β-unsaturated/α-hetero) is 1. The lowest BCUT2D eigenvalue weighted by atomic mass is 10.0. The quantitative estimate of drug-likeness (QED) is 0.211. The summed E-state index contributed by atoms with van der Waals surface area (Å²) in [4.78, 5) is 38.5. The number of halogens is 1. The highest BCUT2D eigenvalue weighted by Crippen LogP contribution is 2.28. The van der Waals surface area contributed by atoms with Crippen LogP contribution in [0.2, 0.25) is 0 Å². The Hall–Kier alpha value is -3.91. The van der Waals surface area contributed by atoms with Crippen LogP contribution in [0.5, 0.6) is 11.5 Å². The van der Waals surface area contributed by atoms with E-state index in [2.05, 4.69) is 15.9 Å². The highest BCUT2D eigenvalue weighted by atomic mass is 79.9. The number of benzene rings is 3. The summed E-state index contributed by atoms with van der Waals surface area (Å²) in [5.41, 5.74) is 0.886. The van der Waals surface area contributed by atoms with E-state index in [1.54, 1.807) is 74.7 Å². The molecule has 0 unspecified atom stereocenters. The topological polar surface area (TPSA) is 92.0 Å². The predicted molar refractivity (Wildman–Crippen MR) is 134 cm³/mol. The van der Waals surface area contributed by atoms with Crippen molar-refractivity contribution in [1.29, 1.82) is 0 Å². The lowest BCUT2D eigenvalue weighted by molar-refractivity contribution is 0.0492. The molecule has 0 aliphatic rings. The van der Waals surface area contributed by atoms with Crippen LogP contribution in [0.3, 0.4) is 0 Å². The molecule has 1 heterocycles. The molecule has 3 aromatic carbocycles. The molecule has 4 rings (SSSR count). The zero-order chi connectivity index (χ0) is 24.9. The first-order chi connectivity index (χ1) is 16.9. The molecule has 7 nitrogen and oxygen atoms in total. The van der Waals surface area contributed by atoms with E-state index in [0.29, 0.717) is 22.6 Å². The second-order valence-corrected chi connectivity index (χ2v) is 8.38. The van der Waals surface area contributed by atoms with Gasteiger partial charge in [0, 0.05) is 16.1 Å². The summed E-state index contributed by atoms with van der Waals surface area (Å²) >= 11 is 3.37. The standard InChI is InChI=1S/C27H21BrO7/c1-3-33-27(31)26-24(17-4-8-18(28)9-5-17)25(30)21-13-12-20(14-23(21)35-26)34-15-22(29)16-6-10-19(32-2)11-7-16/h4-14H,3,15H2,1-2H3. The third-order valence-electron chi connectivity index (χ3n) is 5.24. The molecule has 35 heavy (non-hydrogen) atoms. The minimum Gasteiger partial charge on any atom is -0.497 e. The van der Waals surface area contributed by atoms with Crippen molar-refractivity contribution in [3.05, 3.63) is 92.7 Å². The van der Waals surface area contributed by atoms with Gasteiger partial charge in [0.2, 0.25) is 11.2 Å². The Bertz CT molecular complexity index is 1440. The number of esters is 1. The van der Waals surface area contributed by atoms with Crippen LogP contribution < -0.4 is 14.9 Å². The molecule has 0 spiro atoms. The van der Waals surface area contributed by atoms with E-state index < -0.39 is 5.97 Å². The third kappa shape index (κ3) is 5.27. The number of methoxy groups -OCH3 is 1. The molecule has 0 bridgehead atoms. The predicted octanol–water partition coefficient (Wildman–Crippen LogP) is 5.67. The van der Waals surface area contributed by atoms with Gasteiger partial charge in [0.1, 0.15) is 17.1 Å². The molecular weight excluding hydrogens is 516 g/mol. The van der Waals surface area contributed by atoms with E-state index in [9.17, 15) is 14.4 Å². The smallest absolute Gasteiger partial charge is 0.375 e. The fraction of sp³-hybridized carbons (Fsp3) is 0.148. The fourth-order valence-electron chi connectivity index (χ4n) is 3.49. The molecule has 1 aromatic heterocycles. The van der Waals surface area contributed by atoms with Crippen molar-refractivity contribution in [2.24, 2.45) is 0 Å². The van der Waals surface area contributed by atoms with E-state index >= 15 is 0 Å². The van der Waals surface area contributed by atoms with Gasteiger partial charge in [0.05, 0.1) is 24.7 Å². The first-order valence-corrected chi connectivity index (χ1v) is 11.5. The fourth-order valence-corrected chi connectivity index (χ4v) is 3.76. The number of fused-ring (bicyclic) bond motifs is 1. The van der Waals surface area contributed by atoms with Crippen LogP contribution in [0.4, 0.5) is 0 Å². The van der Waals surface area contributed by atoms with Gasteiger partial charge in [0.25, 0.3) is 0 Å². The number of ether oxygens (including phenoxy) is 3. The monoisotopic (exact) mass is 536 g/mol. The van der Waals surface area contributed by atoms with Gasteiger partial charge in [-0.1, -0.05) is 28.1 Å². The Morgan fingerprint density at radius 3 is 2.29 bits per heavy atom. The molecule has 0 aliphatic carbocycles. The van der Waals surface area contributed by atoms with Crippen LogP contribution in [-0.4, -0.2) is 32.1 Å². The van der Waals surface area contributed by atoms with Crippen molar-refractivity contribution in [3.8, 4) is 22.6 Å². The van der Waals surface area contributed by atoms with Gasteiger partial charge in [-0.15, -0.1) is 0 Å². The van der Waals surface area contributed by atoms with Gasteiger partial charge >= 0.3 is 5.97 Å². The summed E-state index contributed by atoms with van der Waals surface area (Å²) in [7, 11) is 1.55. The summed E-state index contributed by atoms with van der Waals surface area (Å²) in [5, 5.41) is 0.268. The third-order valence-corrected chi connectivity index (χ3v) is 5.77. The second kappa shape index (κ2) is 10.6. The van der Waals surface area contributed by atoms with Crippen LogP contribution in [0.1, 0.15) is 27.8 Å². The van der Waals surface area contributed by atoms with Crippen LogP contribution >= 0.6 is 15.9 Å². The molecule has 178 valence electrons. The Morgan fingerprint density at radius 2 is 1.63 bits per heavy atom. The van der Waals surface area contributed by atoms with E-state index in [1.165, 1.54) is 6.07 Å². The molecule has 0 atom stereocenters. The first kappa shape index (κ1) is 24.2. The maximum absolute atomic E-state index is 13.4. The molecule has 4 aromatic rings. The number of hydrogen-bond acceptors (Lipinski definition) is 7. The van der Waals surface area contributed by atoms with Crippen LogP contribution in [-0.2, 0) is 4.74 Å². The molecular formula is C27H21BrO7. The SMILES string of the molecule is CCOC(=O)c1oc2cc(OCC(=O)c3ccc(OC)cc3)ccc2c(=O)c1-c1ccc(Br)cc1. The maximum atomic E-state index is 13.4. The van der Waals surface area contributed by atoms with Crippen LogP contribution in [0.15, 0.2) is 80.4 Å². The zero-order valence-electron chi connectivity index (χ0n) is 19.0. The molecule has 0 aliphatic heterocycles. The second-order valence-electron chi connectivity index (χ2n) is 7.46. The average Bonchev–Trinajstić information content (AvgIpc) is 2.88. The van der Waals surface area contributed by atoms with E-state index in [-0.39, 0.29) is 46.7 Å². The maximum Gasteiger partial charge on any atom is 0.375 e. The van der Waals surface area contributed by atoms with Crippen LogP contribution in [0, 0.1) is 0 Å². The number of carbonyl (C=O) groups excluding carboxylic acids is 2. The molecule has 0 saturated carbocycles. The largest absolute Gasteiger partial charge is 0.497 e. The van der Waals surface area contributed by atoms with Crippen molar-refractivity contribution in [2.45, 2.75) is 6.92 Å². The molecule has 0 amide bonds. The Balaban J connectivity index is 1.68. The van der Waals surface area contributed by atoms with Gasteiger partial charge < -0.3 is 18.6 Å². The van der Waals surface area contributed by atoms with Crippen molar-refractivity contribution in [3.63, 3.8) is 0 Å². The zero-order valence-corrected chi connectivity index (χ0v) is 20.6. The van der Waals surface area contributed by atoms with Gasteiger partial charge in [0.15, 0.2) is 12.4 Å². The first-order valence-electron chi connectivity index (χ1n) is 10.7. The number of carbonyl (C=O) groups is 2. The number of hydrogen-bond donors (Lipinski definition) is 0. The number of rotatable bonds is 8. The Morgan fingerprint density at radius 1 is 0.943 bits per heavy atom. The highest BCUT2D eigenvalue weighted by molar-refractivity contribution is 9.10.